The van der Waals surface area contributed by atoms with Crippen LogP contribution >= 0.6 is 0 Å². The van der Waals surface area contributed by atoms with Gasteiger partial charge in [-0.1, -0.05) is 12.1 Å². The molecule has 2 aromatic rings. The quantitative estimate of drug-likeness (QED) is 0.845. The number of nitrogens with zero attached hydrogens (tertiary/aromatic N) is 1. The van der Waals surface area contributed by atoms with E-state index in [-0.39, 0.29) is 11.6 Å². The second kappa shape index (κ2) is 4.14. The Morgan fingerprint density at radius 2 is 2.19 bits per heavy atom. The van der Waals surface area contributed by atoms with E-state index in [0.717, 1.165) is 0 Å². The number of carbonyl (C=O) groups excluding carboxylic acids is 1. The summed E-state index contributed by atoms with van der Waals surface area (Å²) in [5, 5.41) is 2.36. The first kappa shape index (κ1) is 10.4. The van der Waals surface area contributed by atoms with Gasteiger partial charge >= 0.3 is 6.01 Å². The van der Waals surface area contributed by atoms with Crippen LogP contribution in [0.1, 0.15) is 16.1 Å². The Balaban J connectivity index is 2.18. The fourth-order valence-electron chi connectivity index (χ4n) is 1.22. The number of rotatable bonds is 2. The fourth-order valence-corrected chi connectivity index (χ4v) is 1.22. The van der Waals surface area contributed by atoms with Crippen molar-refractivity contribution in [1.82, 2.24) is 4.98 Å². The molecule has 0 fully saturated rings. The second-order valence-electron chi connectivity index (χ2n) is 3.21. The summed E-state index contributed by atoms with van der Waals surface area (Å²) in [7, 11) is 0. The minimum absolute atomic E-state index is 0.0432. The van der Waals surface area contributed by atoms with E-state index < -0.39 is 11.7 Å². The standard InChI is InChI=1S/C11H9FN2O2/c1-7-6-13-11(16-7)14-10(15)8-4-2-3-5-9(8)12/h2-6H,1H3,(H,13,14,15). The number of hydrogen-bond donors (Lipinski definition) is 1. The molecule has 1 N–H and O–H groups in total. The highest BCUT2D eigenvalue weighted by atomic mass is 19.1. The molecule has 0 spiro atoms. The van der Waals surface area contributed by atoms with E-state index in [1.807, 2.05) is 0 Å². The number of aryl methyl sites for hydroxylation is 1. The van der Waals surface area contributed by atoms with Crippen molar-refractivity contribution in [1.29, 1.82) is 0 Å². The zero-order valence-corrected chi connectivity index (χ0v) is 8.53. The second-order valence-corrected chi connectivity index (χ2v) is 3.21. The predicted octanol–water partition coefficient (Wildman–Crippen LogP) is 2.37. The number of benzene rings is 1. The third-order valence-corrected chi connectivity index (χ3v) is 1.96. The maximum atomic E-state index is 13.2. The average molecular weight is 220 g/mol. The molecular weight excluding hydrogens is 211 g/mol. The predicted molar refractivity (Wildman–Crippen MR) is 55.6 cm³/mol. The van der Waals surface area contributed by atoms with Crippen molar-refractivity contribution in [3.63, 3.8) is 0 Å². The van der Waals surface area contributed by atoms with E-state index in [9.17, 15) is 9.18 Å². The smallest absolute Gasteiger partial charge is 0.301 e. The third-order valence-electron chi connectivity index (χ3n) is 1.96. The summed E-state index contributed by atoms with van der Waals surface area (Å²) >= 11 is 0. The summed E-state index contributed by atoms with van der Waals surface area (Å²) in [6.07, 6.45) is 1.47. The van der Waals surface area contributed by atoms with Crippen LogP contribution in [0.3, 0.4) is 0 Å². The number of amides is 1. The molecular formula is C11H9FN2O2. The summed E-state index contributed by atoms with van der Waals surface area (Å²) in [5.74, 6) is -0.591. The van der Waals surface area contributed by atoms with Crippen LogP contribution in [0, 0.1) is 12.7 Å². The Labute approximate surface area is 91.1 Å². The molecule has 1 aromatic heterocycles. The van der Waals surface area contributed by atoms with Gasteiger partial charge in [-0.15, -0.1) is 0 Å². The van der Waals surface area contributed by atoms with E-state index in [0.29, 0.717) is 5.76 Å². The van der Waals surface area contributed by atoms with Gasteiger partial charge in [0.25, 0.3) is 5.91 Å². The highest BCUT2D eigenvalue weighted by molar-refractivity contribution is 6.03. The summed E-state index contributed by atoms with van der Waals surface area (Å²) in [6, 6.07) is 5.77. The number of aromatic nitrogens is 1. The van der Waals surface area contributed by atoms with Crippen LogP contribution in [-0.4, -0.2) is 10.9 Å². The lowest BCUT2D eigenvalue weighted by Crippen LogP contribution is -2.13. The van der Waals surface area contributed by atoms with Gasteiger partial charge in [0.2, 0.25) is 0 Å². The monoisotopic (exact) mass is 220 g/mol. The van der Waals surface area contributed by atoms with E-state index in [4.69, 9.17) is 4.42 Å². The van der Waals surface area contributed by atoms with Crippen molar-refractivity contribution in [3.8, 4) is 0 Å². The number of nitrogens with one attached hydrogen (secondary N) is 1. The molecule has 16 heavy (non-hydrogen) atoms. The van der Waals surface area contributed by atoms with Crippen LogP contribution in [0.5, 0.6) is 0 Å². The highest BCUT2D eigenvalue weighted by Gasteiger charge is 2.12. The Kier molecular flexibility index (Phi) is 2.68. The first-order valence-electron chi connectivity index (χ1n) is 4.65. The van der Waals surface area contributed by atoms with Gasteiger partial charge in [-0.2, -0.15) is 0 Å². The van der Waals surface area contributed by atoms with E-state index >= 15 is 0 Å². The molecule has 0 bridgehead atoms. The van der Waals surface area contributed by atoms with Gasteiger partial charge < -0.3 is 4.42 Å². The lowest BCUT2D eigenvalue weighted by atomic mass is 10.2. The summed E-state index contributed by atoms with van der Waals surface area (Å²) < 4.78 is 18.3. The Hall–Kier alpha value is -2.17. The fraction of sp³-hybridized carbons (Fsp3) is 0.0909. The SMILES string of the molecule is Cc1cnc(NC(=O)c2ccccc2F)o1. The lowest BCUT2D eigenvalue weighted by molar-refractivity contribution is 0.102. The molecule has 0 atom stereocenters. The van der Waals surface area contributed by atoms with Crippen LogP contribution in [0.4, 0.5) is 10.4 Å². The summed E-state index contributed by atoms with van der Waals surface area (Å²) in [6.45, 7) is 1.70. The summed E-state index contributed by atoms with van der Waals surface area (Å²) in [4.78, 5) is 15.4. The first-order valence-corrected chi connectivity index (χ1v) is 4.65. The Morgan fingerprint density at radius 3 is 2.81 bits per heavy atom. The topological polar surface area (TPSA) is 55.1 Å². The molecule has 0 aliphatic rings. The first-order chi connectivity index (χ1) is 7.66. The van der Waals surface area contributed by atoms with Gasteiger partial charge in [0.05, 0.1) is 11.8 Å². The molecule has 0 radical (unpaired) electrons. The van der Waals surface area contributed by atoms with Crippen LogP contribution in [0.2, 0.25) is 0 Å². The van der Waals surface area contributed by atoms with E-state index in [1.165, 1.54) is 24.4 Å². The largest absolute Gasteiger partial charge is 0.429 e. The molecule has 0 aliphatic heterocycles. The van der Waals surface area contributed by atoms with Gasteiger partial charge in [0, 0.05) is 0 Å². The molecule has 0 aliphatic carbocycles. The van der Waals surface area contributed by atoms with Crippen molar-refractivity contribution in [2.75, 3.05) is 5.32 Å². The lowest BCUT2D eigenvalue weighted by Gasteiger charge is -2.01. The molecule has 0 unspecified atom stereocenters. The van der Waals surface area contributed by atoms with Crippen molar-refractivity contribution in [2.45, 2.75) is 6.92 Å². The normalized spacial score (nSPS) is 10.1. The van der Waals surface area contributed by atoms with Gasteiger partial charge in [-0.25, -0.2) is 9.37 Å². The maximum absolute atomic E-state index is 13.2. The third kappa shape index (κ3) is 2.08. The molecule has 5 heteroatoms. The zero-order valence-electron chi connectivity index (χ0n) is 8.53. The number of oxazole rings is 1. The maximum Gasteiger partial charge on any atom is 0.301 e. The molecule has 1 heterocycles. The zero-order chi connectivity index (χ0) is 11.5. The molecule has 1 amide bonds. The van der Waals surface area contributed by atoms with Crippen molar-refractivity contribution < 1.29 is 13.6 Å². The molecule has 0 saturated carbocycles. The Bertz CT molecular complexity index is 522. The van der Waals surface area contributed by atoms with Crippen molar-refractivity contribution >= 4 is 11.9 Å². The number of halogens is 1. The Morgan fingerprint density at radius 1 is 1.44 bits per heavy atom. The number of carbonyl (C=O) groups is 1. The highest BCUT2D eigenvalue weighted by Crippen LogP contribution is 2.11. The van der Waals surface area contributed by atoms with Gasteiger partial charge in [-0.05, 0) is 19.1 Å². The van der Waals surface area contributed by atoms with Crippen molar-refractivity contribution in [3.05, 3.63) is 47.6 Å². The van der Waals surface area contributed by atoms with Gasteiger partial charge in [0.15, 0.2) is 0 Å². The summed E-state index contributed by atoms with van der Waals surface area (Å²) in [5.41, 5.74) is -0.0432. The molecule has 1 aromatic carbocycles. The van der Waals surface area contributed by atoms with Crippen molar-refractivity contribution in [2.24, 2.45) is 0 Å². The molecule has 82 valence electrons. The van der Waals surface area contributed by atoms with Crippen LogP contribution < -0.4 is 5.32 Å². The number of hydrogen-bond acceptors (Lipinski definition) is 3. The minimum atomic E-state index is -0.583. The molecule has 0 saturated heterocycles. The van der Waals surface area contributed by atoms with E-state index in [1.54, 1.807) is 13.0 Å². The van der Waals surface area contributed by atoms with Gasteiger partial charge in [0.1, 0.15) is 11.6 Å². The van der Waals surface area contributed by atoms with Crippen LogP contribution in [-0.2, 0) is 0 Å². The molecule has 4 nitrogen and oxygen atoms in total. The minimum Gasteiger partial charge on any atom is -0.429 e. The van der Waals surface area contributed by atoms with Crippen LogP contribution in [0.15, 0.2) is 34.9 Å². The van der Waals surface area contributed by atoms with E-state index in [2.05, 4.69) is 10.3 Å². The van der Waals surface area contributed by atoms with Gasteiger partial charge in [-0.3, -0.25) is 10.1 Å². The average Bonchev–Trinajstić information content (AvgIpc) is 2.64. The van der Waals surface area contributed by atoms with Crippen LogP contribution in [0.25, 0.3) is 0 Å². The number of anilines is 1. The molecule has 2 rings (SSSR count).